The fraction of sp³-hybridized carbons (Fsp3) is 0.381. The molecule has 0 aliphatic carbocycles. The first kappa shape index (κ1) is 23.2. The molecule has 12 heteroatoms. The van der Waals surface area contributed by atoms with Crippen molar-refractivity contribution in [2.45, 2.75) is 38.1 Å². The lowest BCUT2D eigenvalue weighted by Gasteiger charge is -2.22. The Morgan fingerprint density at radius 3 is 2.58 bits per heavy atom. The molecule has 0 saturated carbocycles. The molecule has 3 aromatic rings. The van der Waals surface area contributed by atoms with Gasteiger partial charge < -0.3 is 10.4 Å². The third-order valence-electron chi connectivity index (χ3n) is 5.42. The van der Waals surface area contributed by atoms with Crippen molar-refractivity contribution in [2.75, 3.05) is 16.8 Å². The Bertz CT molecular complexity index is 1340. The molecule has 0 spiro atoms. The highest BCUT2D eigenvalue weighted by atomic mass is 32.2. The Balaban J connectivity index is 1.71. The van der Waals surface area contributed by atoms with Crippen LogP contribution in [0, 0.1) is 0 Å². The van der Waals surface area contributed by atoms with Crippen LogP contribution in [0.1, 0.15) is 48.1 Å². The van der Waals surface area contributed by atoms with Gasteiger partial charge in [-0.25, -0.2) is 13.4 Å². The van der Waals surface area contributed by atoms with Crippen LogP contribution in [0.25, 0.3) is 10.9 Å². The van der Waals surface area contributed by atoms with Crippen molar-refractivity contribution in [1.82, 2.24) is 14.8 Å². The van der Waals surface area contributed by atoms with Crippen LogP contribution in [0.5, 0.6) is 0 Å². The van der Waals surface area contributed by atoms with E-state index in [4.69, 9.17) is 0 Å². The van der Waals surface area contributed by atoms with E-state index in [0.717, 1.165) is 18.2 Å². The van der Waals surface area contributed by atoms with Crippen LogP contribution in [-0.2, 0) is 21.6 Å². The predicted molar refractivity (Wildman–Crippen MR) is 114 cm³/mol. The number of halogens is 3. The summed E-state index contributed by atoms with van der Waals surface area (Å²) in [5.74, 6) is -0.821. The number of benzene rings is 1. The Morgan fingerprint density at radius 2 is 1.97 bits per heavy atom. The lowest BCUT2D eigenvalue weighted by atomic mass is 9.95. The van der Waals surface area contributed by atoms with Gasteiger partial charge in [0.2, 0.25) is 0 Å². The molecule has 2 aromatic heterocycles. The van der Waals surface area contributed by atoms with E-state index >= 15 is 0 Å². The third kappa shape index (κ3) is 4.86. The smallest absolute Gasteiger partial charge is 0.386 e. The predicted octanol–water partition coefficient (Wildman–Crippen LogP) is 3.29. The molecule has 33 heavy (non-hydrogen) atoms. The summed E-state index contributed by atoms with van der Waals surface area (Å²) in [6, 6.07) is 5.80. The highest BCUT2D eigenvalue weighted by molar-refractivity contribution is 7.91. The number of hydrogen-bond donors (Lipinski definition) is 2. The number of anilines is 1. The second-order valence-electron chi connectivity index (χ2n) is 8.54. The van der Waals surface area contributed by atoms with Gasteiger partial charge in [0.15, 0.2) is 9.84 Å². The second kappa shape index (κ2) is 7.80. The zero-order valence-corrected chi connectivity index (χ0v) is 18.5. The van der Waals surface area contributed by atoms with Crippen molar-refractivity contribution < 1.29 is 31.5 Å². The Hall–Kier alpha value is -2.99. The van der Waals surface area contributed by atoms with Gasteiger partial charge in [-0.3, -0.25) is 9.48 Å². The maximum atomic E-state index is 13.0. The number of alkyl halides is 3. The lowest BCUT2D eigenvalue weighted by molar-refractivity contribution is -0.141. The van der Waals surface area contributed by atoms with Gasteiger partial charge in [0, 0.05) is 22.8 Å². The standard InChI is InChI=1S/C21H21F3N4O4S/c1-20(2,30)14-9-16-12(10-28(27-16)13-6-7-33(31,32)11-13)8-17(14)26-19(29)15-4-3-5-18(25-15)21(22,23)24/h3-5,8-10,13,30H,6-7,11H2,1-2H3,(H,26,29)/t13-/m0/s1. The fourth-order valence-electron chi connectivity index (χ4n) is 3.78. The summed E-state index contributed by atoms with van der Waals surface area (Å²) in [4.78, 5) is 16.1. The van der Waals surface area contributed by atoms with Crippen LogP contribution in [0.3, 0.4) is 0 Å². The van der Waals surface area contributed by atoms with E-state index in [9.17, 15) is 31.5 Å². The van der Waals surface area contributed by atoms with Crippen molar-refractivity contribution in [3.8, 4) is 0 Å². The molecule has 2 N–H and O–H groups in total. The number of amides is 1. The maximum absolute atomic E-state index is 13.0. The number of sulfone groups is 1. The number of aromatic nitrogens is 3. The molecule has 1 aromatic carbocycles. The summed E-state index contributed by atoms with van der Waals surface area (Å²) in [5.41, 5.74) is -2.10. The molecular formula is C21H21F3N4O4S. The minimum atomic E-state index is -4.70. The molecule has 0 unspecified atom stereocenters. The highest BCUT2D eigenvalue weighted by Crippen LogP contribution is 2.34. The van der Waals surface area contributed by atoms with Gasteiger partial charge in [-0.1, -0.05) is 6.07 Å². The van der Waals surface area contributed by atoms with Crippen molar-refractivity contribution in [1.29, 1.82) is 0 Å². The number of carbonyl (C=O) groups excluding carboxylic acids is 1. The van der Waals surface area contributed by atoms with E-state index in [1.54, 1.807) is 23.0 Å². The van der Waals surface area contributed by atoms with Crippen molar-refractivity contribution >= 4 is 32.3 Å². The van der Waals surface area contributed by atoms with Gasteiger partial charge in [0.05, 0.1) is 28.7 Å². The normalized spacial score (nSPS) is 18.5. The number of nitrogens with zero attached hydrogens (tertiary/aromatic N) is 3. The number of hydrogen-bond acceptors (Lipinski definition) is 6. The van der Waals surface area contributed by atoms with Crippen molar-refractivity contribution in [3.63, 3.8) is 0 Å². The van der Waals surface area contributed by atoms with E-state index < -0.39 is 38.9 Å². The molecule has 176 valence electrons. The zero-order valence-electron chi connectivity index (χ0n) is 17.7. The summed E-state index contributed by atoms with van der Waals surface area (Å²) < 4.78 is 64.1. The molecule has 1 amide bonds. The van der Waals surface area contributed by atoms with Crippen LogP contribution < -0.4 is 5.32 Å². The van der Waals surface area contributed by atoms with Gasteiger partial charge in [-0.2, -0.15) is 18.3 Å². The first-order valence-electron chi connectivity index (χ1n) is 10.0. The average Bonchev–Trinajstić information content (AvgIpc) is 3.28. The van der Waals surface area contributed by atoms with E-state index in [-0.39, 0.29) is 23.2 Å². The summed E-state index contributed by atoms with van der Waals surface area (Å²) in [6.45, 7) is 2.99. The number of carbonyl (C=O) groups is 1. The summed E-state index contributed by atoms with van der Waals surface area (Å²) in [5, 5.41) is 18.2. The molecule has 1 saturated heterocycles. The number of nitrogens with one attached hydrogen (secondary N) is 1. The highest BCUT2D eigenvalue weighted by Gasteiger charge is 2.33. The van der Waals surface area contributed by atoms with Gasteiger partial charge in [-0.05, 0) is 44.5 Å². The van der Waals surface area contributed by atoms with Crippen LogP contribution >= 0.6 is 0 Å². The van der Waals surface area contributed by atoms with Crippen molar-refractivity contribution in [3.05, 3.63) is 53.5 Å². The van der Waals surface area contributed by atoms with Crippen LogP contribution in [0.15, 0.2) is 36.5 Å². The molecule has 1 aliphatic rings. The molecular weight excluding hydrogens is 461 g/mol. The van der Waals surface area contributed by atoms with Gasteiger partial charge in [0.1, 0.15) is 11.4 Å². The summed E-state index contributed by atoms with van der Waals surface area (Å²) >= 11 is 0. The molecule has 1 fully saturated rings. The van der Waals surface area contributed by atoms with Crippen LogP contribution in [0.4, 0.5) is 18.9 Å². The van der Waals surface area contributed by atoms with Gasteiger partial charge >= 0.3 is 6.18 Å². The number of aliphatic hydroxyl groups is 1. The molecule has 4 rings (SSSR count). The zero-order chi connectivity index (χ0) is 24.2. The number of rotatable bonds is 4. The van der Waals surface area contributed by atoms with E-state index in [0.29, 0.717) is 22.9 Å². The lowest BCUT2D eigenvalue weighted by Crippen LogP contribution is -2.22. The quantitative estimate of drug-likeness (QED) is 0.590. The monoisotopic (exact) mass is 482 g/mol. The third-order valence-corrected chi connectivity index (χ3v) is 7.17. The van der Waals surface area contributed by atoms with Crippen molar-refractivity contribution in [2.24, 2.45) is 0 Å². The molecule has 8 nitrogen and oxygen atoms in total. The van der Waals surface area contributed by atoms with Crippen LogP contribution in [0.2, 0.25) is 0 Å². The molecule has 1 atom stereocenters. The minimum Gasteiger partial charge on any atom is -0.386 e. The summed E-state index contributed by atoms with van der Waals surface area (Å²) in [6.07, 6.45) is -2.62. The first-order chi connectivity index (χ1) is 15.2. The topological polar surface area (TPSA) is 114 Å². The molecule has 0 bridgehead atoms. The fourth-order valence-corrected chi connectivity index (χ4v) is 5.48. The average molecular weight is 482 g/mol. The van der Waals surface area contributed by atoms with E-state index in [2.05, 4.69) is 15.4 Å². The van der Waals surface area contributed by atoms with E-state index in [1.807, 2.05) is 0 Å². The maximum Gasteiger partial charge on any atom is 0.433 e. The minimum absolute atomic E-state index is 0.0237. The second-order valence-corrected chi connectivity index (χ2v) is 10.8. The number of fused-ring (bicyclic) bond motifs is 1. The Labute approximate surface area is 187 Å². The molecule has 3 heterocycles. The molecule has 1 aliphatic heterocycles. The van der Waals surface area contributed by atoms with Gasteiger partial charge in [-0.15, -0.1) is 0 Å². The number of pyridine rings is 1. The van der Waals surface area contributed by atoms with Gasteiger partial charge in [0.25, 0.3) is 5.91 Å². The first-order valence-corrected chi connectivity index (χ1v) is 11.9. The SMILES string of the molecule is CC(C)(O)c1cc2nn([C@H]3CCS(=O)(=O)C3)cc2cc1NC(=O)c1cccc(C(F)(F)F)n1. The van der Waals surface area contributed by atoms with Crippen LogP contribution in [-0.4, -0.2) is 45.7 Å². The Kier molecular flexibility index (Phi) is 5.48. The Morgan fingerprint density at radius 1 is 1.24 bits per heavy atom. The largest absolute Gasteiger partial charge is 0.433 e. The van der Waals surface area contributed by atoms with E-state index in [1.165, 1.54) is 13.8 Å². The summed E-state index contributed by atoms with van der Waals surface area (Å²) in [7, 11) is -3.13. The molecule has 0 radical (unpaired) electrons.